The van der Waals surface area contributed by atoms with E-state index in [9.17, 15) is 18.0 Å². The molecule has 2 aliphatic rings. The summed E-state index contributed by atoms with van der Waals surface area (Å²) in [6, 6.07) is 0. The molecule has 0 bridgehead atoms. The summed E-state index contributed by atoms with van der Waals surface area (Å²) in [5, 5.41) is 11.5. The summed E-state index contributed by atoms with van der Waals surface area (Å²) in [6.45, 7) is 0. The summed E-state index contributed by atoms with van der Waals surface area (Å²) < 4.78 is 39.0. The first-order valence-electron chi connectivity index (χ1n) is 7.16. The number of hydrogen-bond acceptors (Lipinski definition) is 4. The van der Waals surface area contributed by atoms with E-state index in [1.54, 1.807) is 0 Å². The summed E-state index contributed by atoms with van der Waals surface area (Å²) in [5.74, 6) is -2.70. The zero-order valence-corrected chi connectivity index (χ0v) is 12.1. The Bertz CT molecular complexity index is 527. The van der Waals surface area contributed by atoms with Gasteiger partial charge in [0.2, 0.25) is 11.0 Å². The van der Waals surface area contributed by atoms with Crippen LogP contribution in [0.4, 0.5) is 18.3 Å². The van der Waals surface area contributed by atoms with E-state index < -0.39 is 23.9 Å². The first-order valence-corrected chi connectivity index (χ1v) is 7.98. The van der Waals surface area contributed by atoms with E-state index in [-0.39, 0.29) is 12.8 Å². The van der Waals surface area contributed by atoms with Gasteiger partial charge < -0.3 is 5.32 Å². The van der Waals surface area contributed by atoms with Gasteiger partial charge in [-0.25, -0.2) is 0 Å². The van der Waals surface area contributed by atoms with Crippen molar-refractivity contribution in [2.24, 2.45) is 11.8 Å². The van der Waals surface area contributed by atoms with Gasteiger partial charge in [0.1, 0.15) is 5.01 Å². The second kappa shape index (κ2) is 5.55. The molecule has 1 N–H and O–H groups in total. The molecule has 0 unspecified atom stereocenters. The lowest BCUT2D eigenvalue weighted by atomic mass is 9.78. The van der Waals surface area contributed by atoms with Gasteiger partial charge >= 0.3 is 6.18 Å². The van der Waals surface area contributed by atoms with E-state index in [0.717, 1.165) is 17.8 Å². The van der Waals surface area contributed by atoms with E-state index in [4.69, 9.17) is 0 Å². The predicted octanol–water partition coefficient (Wildman–Crippen LogP) is 3.72. The maximum atomic E-state index is 13.0. The van der Waals surface area contributed by atoms with Crippen molar-refractivity contribution in [3.05, 3.63) is 5.01 Å². The number of alkyl halides is 3. The summed E-state index contributed by atoms with van der Waals surface area (Å²) >= 11 is 1.27. The molecular weight excluding hydrogens is 303 g/mol. The van der Waals surface area contributed by atoms with Gasteiger partial charge in [-0.1, -0.05) is 24.2 Å². The number of nitrogens with one attached hydrogen (secondary N) is 1. The third kappa shape index (κ3) is 3.36. The first-order chi connectivity index (χ1) is 9.95. The predicted molar refractivity (Wildman–Crippen MR) is 72.0 cm³/mol. The molecule has 0 saturated heterocycles. The van der Waals surface area contributed by atoms with Crippen LogP contribution < -0.4 is 5.32 Å². The van der Waals surface area contributed by atoms with Crippen LogP contribution >= 0.6 is 11.3 Å². The molecule has 1 amide bonds. The molecule has 0 aliphatic heterocycles. The fourth-order valence-corrected chi connectivity index (χ4v) is 3.73. The van der Waals surface area contributed by atoms with Crippen molar-refractivity contribution in [3.63, 3.8) is 0 Å². The number of halogens is 3. The Kier molecular flexibility index (Phi) is 3.90. The lowest BCUT2D eigenvalue weighted by Gasteiger charge is -2.31. The molecule has 0 aromatic carbocycles. The van der Waals surface area contributed by atoms with Crippen LogP contribution in [0.2, 0.25) is 0 Å². The highest BCUT2D eigenvalue weighted by atomic mass is 32.1. The van der Waals surface area contributed by atoms with E-state index in [1.165, 1.54) is 11.3 Å². The molecule has 1 aromatic rings. The van der Waals surface area contributed by atoms with Crippen molar-refractivity contribution in [3.8, 4) is 0 Å². The Balaban J connectivity index is 1.67. The molecule has 0 spiro atoms. The minimum atomic E-state index is -4.32. The lowest BCUT2D eigenvalue weighted by Crippen LogP contribution is -2.39. The Morgan fingerprint density at radius 3 is 2.52 bits per heavy atom. The highest BCUT2D eigenvalue weighted by Gasteiger charge is 2.48. The van der Waals surface area contributed by atoms with Crippen molar-refractivity contribution in [2.45, 2.75) is 50.6 Å². The van der Waals surface area contributed by atoms with Crippen LogP contribution in [0.5, 0.6) is 0 Å². The summed E-state index contributed by atoms with van der Waals surface area (Å²) in [4.78, 5) is 12.1. The summed E-state index contributed by atoms with van der Waals surface area (Å²) in [7, 11) is 0. The number of carbonyl (C=O) groups is 1. The molecule has 2 fully saturated rings. The minimum absolute atomic E-state index is 0.0328. The minimum Gasteiger partial charge on any atom is -0.300 e. The van der Waals surface area contributed by atoms with Gasteiger partial charge in [-0.2, -0.15) is 13.2 Å². The standard InChI is InChI=1S/C13H16F3N3OS/c14-13(15,16)9-4-2-1-3-8(9)10(20)17-12-19-18-11(21-12)7-5-6-7/h7-9H,1-6H2,(H,17,19,20)/t8-,9+/m1/s1. The molecule has 2 atom stereocenters. The quantitative estimate of drug-likeness (QED) is 0.924. The Labute approximate surface area is 124 Å². The molecule has 2 aliphatic carbocycles. The first kappa shape index (κ1) is 14.7. The number of hydrogen-bond donors (Lipinski definition) is 1. The zero-order valence-electron chi connectivity index (χ0n) is 11.3. The Morgan fingerprint density at radius 1 is 1.14 bits per heavy atom. The van der Waals surface area contributed by atoms with Gasteiger partial charge in [-0.3, -0.25) is 4.79 Å². The van der Waals surface area contributed by atoms with Crippen LogP contribution in [0.15, 0.2) is 0 Å². The molecule has 4 nitrogen and oxygen atoms in total. The third-order valence-corrected chi connectivity index (χ3v) is 5.12. The normalized spacial score (nSPS) is 26.6. The van der Waals surface area contributed by atoms with Gasteiger partial charge in [0.15, 0.2) is 0 Å². The van der Waals surface area contributed by atoms with E-state index in [1.807, 2.05) is 0 Å². The van der Waals surface area contributed by atoms with Crippen molar-refractivity contribution < 1.29 is 18.0 Å². The second-order valence-corrected chi connectivity index (χ2v) is 6.76. The fourth-order valence-electron chi connectivity index (χ4n) is 2.81. The molecule has 1 aromatic heterocycles. The van der Waals surface area contributed by atoms with Crippen LogP contribution in [0.25, 0.3) is 0 Å². The van der Waals surface area contributed by atoms with Gasteiger partial charge in [-0.05, 0) is 25.7 Å². The molecule has 0 radical (unpaired) electrons. The number of aromatic nitrogens is 2. The van der Waals surface area contributed by atoms with E-state index in [0.29, 0.717) is 23.9 Å². The molecule has 116 valence electrons. The highest BCUT2D eigenvalue weighted by Crippen LogP contribution is 2.43. The number of carbonyl (C=O) groups excluding carboxylic acids is 1. The van der Waals surface area contributed by atoms with Crippen molar-refractivity contribution in [2.75, 3.05) is 5.32 Å². The summed E-state index contributed by atoms with van der Waals surface area (Å²) in [6.07, 6.45) is -0.673. The number of nitrogens with zero attached hydrogens (tertiary/aromatic N) is 2. The van der Waals surface area contributed by atoms with Crippen molar-refractivity contribution in [1.82, 2.24) is 10.2 Å². The van der Waals surface area contributed by atoms with Gasteiger partial charge in [0.25, 0.3) is 0 Å². The van der Waals surface area contributed by atoms with Crippen molar-refractivity contribution in [1.29, 1.82) is 0 Å². The lowest BCUT2D eigenvalue weighted by molar-refractivity contribution is -0.197. The smallest absolute Gasteiger partial charge is 0.300 e. The van der Waals surface area contributed by atoms with Crippen LogP contribution in [0.1, 0.15) is 49.5 Å². The molecular formula is C13H16F3N3OS. The van der Waals surface area contributed by atoms with Gasteiger partial charge in [-0.15, -0.1) is 10.2 Å². The third-order valence-electron chi connectivity index (χ3n) is 4.12. The van der Waals surface area contributed by atoms with E-state index >= 15 is 0 Å². The Morgan fingerprint density at radius 2 is 1.86 bits per heavy atom. The van der Waals surface area contributed by atoms with Crippen LogP contribution in [0, 0.1) is 11.8 Å². The van der Waals surface area contributed by atoms with Crippen LogP contribution in [-0.4, -0.2) is 22.3 Å². The summed E-state index contributed by atoms with van der Waals surface area (Å²) in [5.41, 5.74) is 0. The fraction of sp³-hybridized carbons (Fsp3) is 0.769. The maximum Gasteiger partial charge on any atom is 0.392 e. The average Bonchev–Trinajstić information content (AvgIpc) is 3.19. The zero-order chi connectivity index (χ0) is 15.0. The van der Waals surface area contributed by atoms with Gasteiger partial charge in [0, 0.05) is 11.8 Å². The van der Waals surface area contributed by atoms with Gasteiger partial charge in [0.05, 0.1) is 5.92 Å². The topological polar surface area (TPSA) is 54.9 Å². The Hall–Kier alpha value is -1.18. The number of rotatable bonds is 3. The number of anilines is 1. The molecule has 8 heteroatoms. The SMILES string of the molecule is O=C(Nc1nnc(C2CC2)s1)[C@@H]1CCCC[C@@H]1C(F)(F)F. The average molecular weight is 319 g/mol. The molecule has 3 rings (SSSR count). The largest absolute Gasteiger partial charge is 0.392 e. The van der Waals surface area contributed by atoms with Crippen LogP contribution in [-0.2, 0) is 4.79 Å². The highest BCUT2D eigenvalue weighted by molar-refractivity contribution is 7.15. The second-order valence-electron chi connectivity index (χ2n) is 5.75. The monoisotopic (exact) mass is 319 g/mol. The maximum absolute atomic E-state index is 13.0. The molecule has 1 heterocycles. The molecule has 21 heavy (non-hydrogen) atoms. The molecule has 2 saturated carbocycles. The van der Waals surface area contributed by atoms with Crippen LogP contribution in [0.3, 0.4) is 0 Å². The van der Waals surface area contributed by atoms with Crippen molar-refractivity contribution >= 4 is 22.4 Å². The van der Waals surface area contributed by atoms with E-state index in [2.05, 4.69) is 15.5 Å². The number of amides is 1.